The Morgan fingerprint density at radius 1 is 1.53 bits per heavy atom. The summed E-state index contributed by atoms with van der Waals surface area (Å²) in [5.74, 6) is 1.28. The minimum absolute atomic E-state index is 0.0645. The third kappa shape index (κ3) is 2.79. The van der Waals surface area contributed by atoms with E-state index in [4.69, 9.17) is 10.2 Å². The van der Waals surface area contributed by atoms with Crippen molar-refractivity contribution in [3.05, 3.63) is 24.2 Å². The summed E-state index contributed by atoms with van der Waals surface area (Å²) >= 11 is 0. The molecular weight excluding hydrogens is 218 g/mol. The molecular formula is C12H19N3O2. The largest absolute Gasteiger partial charge is 0.467 e. The smallest absolute Gasteiger partial charge is 0.320 e. The van der Waals surface area contributed by atoms with E-state index >= 15 is 0 Å². The van der Waals surface area contributed by atoms with Gasteiger partial charge in [-0.05, 0) is 31.0 Å². The zero-order chi connectivity index (χ0) is 12.3. The van der Waals surface area contributed by atoms with E-state index in [0.29, 0.717) is 19.0 Å². The topological polar surface area (TPSA) is 62.7 Å². The number of furan rings is 1. The molecule has 2 heterocycles. The Balaban J connectivity index is 2.01. The number of carbonyl (C=O) groups excluding carboxylic acids is 1. The summed E-state index contributed by atoms with van der Waals surface area (Å²) in [6, 6.07) is 3.79. The number of amides is 2. The second-order valence-electron chi connectivity index (χ2n) is 4.57. The molecule has 0 bridgehead atoms. The van der Waals surface area contributed by atoms with Crippen molar-refractivity contribution in [3.8, 4) is 0 Å². The first-order valence-corrected chi connectivity index (χ1v) is 5.93. The summed E-state index contributed by atoms with van der Waals surface area (Å²) < 4.78 is 5.28. The van der Waals surface area contributed by atoms with Gasteiger partial charge in [0.25, 0.3) is 0 Å². The highest BCUT2D eigenvalue weighted by Crippen LogP contribution is 2.18. The van der Waals surface area contributed by atoms with Crippen LogP contribution >= 0.6 is 0 Å². The third-order valence-corrected chi connectivity index (χ3v) is 3.11. The standard InChI is InChI=1S/C12H19N3O2/c1-14-7-10(4-5-13)8-15(12(14)16)9-11-3-2-6-17-11/h2-3,6,10H,4-5,7-9,13H2,1H3. The SMILES string of the molecule is CN1CC(CCN)CN(Cc2ccco2)C1=O. The van der Waals surface area contributed by atoms with Gasteiger partial charge in [0.15, 0.2) is 0 Å². The lowest BCUT2D eigenvalue weighted by atomic mass is 10.0. The maximum atomic E-state index is 12.0. The fraction of sp³-hybridized carbons (Fsp3) is 0.583. The van der Waals surface area contributed by atoms with Crippen LogP contribution in [-0.4, -0.2) is 42.5 Å². The Labute approximate surface area is 101 Å². The zero-order valence-corrected chi connectivity index (χ0v) is 10.1. The molecule has 0 spiro atoms. The van der Waals surface area contributed by atoms with Crippen molar-refractivity contribution >= 4 is 6.03 Å². The lowest BCUT2D eigenvalue weighted by Gasteiger charge is -2.37. The van der Waals surface area contributed by atoms with E-state index in [-0.39, 0.29) is 6.03 Å². The number of hydrogen-bond donors (Lipinski definition) is 1. The van der Waals surface area contributed by atoms with Crippen LogP contribution in [0.1, 0.15) is 12.2 Å². The molecule has 5 nitrogen and oxygen atoms in total. The Kier molecular flexibility index (Phi) is 3.68. The molecule has 1 aromatic heterocycles. The Bertz CT molecular complexity index is 364. The minimum Gasteiger partial charge on any atom is -0.467 e. The molecule has 0 aliphatic carbocycles. The summed E-state index contributed by atoms with van der Waals surface area (Å²) in [6.07, 6.45) is 2.58. The Hall–Kier alpha value is -1.49. The van der Waals surface area contributed by atoms with Crippen LogP contribution in [0.4, 0.5) is 4.79 Å². The van der Waals surface area contributed by atoms with Crippen LogP contribution < -0.4 is 5.73 Å². The second-order valence-corrected chi connectivity index (χ2v) is 4.57. The third-order valence-electron chi connectivity index (χ3n) is 3.11. The number of rotatable bonds is 4. The molecule has 2 N–H and O–H groups in total. The van der Waals surface area contributed by atoms with E-state index in [1.165, 1.54) is 0 Å². The quantitative estimate of drug-likeness (QED) is 0.853. The fourth-order valence-corrected chi connectivity index (χ4v) is 2.30. The first-order valence-electron chi connectivity index (χ1n) is 5.93. The zero-order valence-electron chi connectivity index (χ0n) is 10.1. The molecule has 1 saturated heterocycles. The average molecular weight is 237 g/mol. The van der Waals surface area contributed by atoms with Crippen LogP contribution in [0.25, 0.3) is 0 Å². The average Bonchev–Trinajstić information content (AvgIpc) is 2.78. The summed E-state index contributed by atoms with van der Waals surface area (Å²) in [4.78, 5) is 15.6. The van der Waals surface area contributed by atoms with Crippen molar-refractivity contribution < 1.29 is 9.21 Å². The number of urea groups is 1. The molecule has 2 rings (SSSR count). The van der Waals surface area contributed by atoms with Crippen LogP contribution in [-0.2, 0) is 6.54 Å². The molecule has 0 radical (unpaired) electrons. The lowest BCUT2D eigenvalue weighted by Crippen LogP contribution is -2.51. The van der Waals surface area contributed by atoms with Gasteiger partial charge in [0.2, 0.25) is 0 Å². The molecule has 0 aromatic carbocycles. The summed E-state index contributed by atoms with van der Waals surface area (Å²) in [5.41, 5.74) is 5.58. The highest BCUT2D eigenvalue weighted by atomic mass is 16.3. The summed E-state index contributed by atoms with van der Waals surface area (Å²) in [5, 5.41) is 0. The highest BCUT2D eigenvalue weighted by molar-refractivity contribution is 5.74. The second kappa shape index (κ2) is 5.23. The summed E-state index contributed by atoms with van der Waals surface area (Å²) in [7, 11) is 1.83. The van der Waals surface area contributed by atoms with Crippen LogP contribution in [0.2, 0.25) is 0 Å². The van der Waals surface area contributed by atoms with E-state index in [9.17, 15) is 4.79 Å². The normalized spacial score (nSPS) is 21.1. The molecule has 5 heteroatoms. The molecule has 0 saturated carbocycles. The van der Waals surface area contributed by atoms with Gasteiger partial charge in [0.05, 0.1) is 12.8 Å². The van der Waals surface area contributed by atoms with E-state index in [1.807, 2.05) is 24.1 Å². The van der Waals surface area contributed by atoms with Gasteiger partial charge in [-0.1, -0.05) is 0 Å². The summed E-state index contributed by atoms with van der Waals surface area (Å²) in [6.45, 7) is 2.77. The lowest BCUT2D eigenvalue weighted by molar-refractivity contribution is 0.106. The van der Waals surface area contributed by atoms with Crippen LogP contribution in [0.3, 0.4) is 0 Å². The van der Waals surface area contributed by atoms with Crippen molar-refractivity contribution in [2.75, 3.05) is 26.7 Å². The first kappa shape index (κ1) is 12.0. The first-order chi connectivity index (χ1) is 8.20. The Morgan fingerprint density at radius 2 is 2.35 bits per heavy atom. The number of nitrogens with zero attached hydrogens (tertiary/aromatic N) is 2. The molecule has 1 aromatic rings. The van der Waals surface area contributed by atoms with Crippen LogP contribution in [0.15, 0.2) is 22.8 Å². The molecule has 1 aliphatic heterocycles. The van der Waals surface area contributed by atoms with Gasteiger partial charge < -0.3 is 20.0 Å². The maximum absolute atomic E-state index is 12.0. The molecule has 2 amide bonds. The van der Waals surface area contributed by atoms with Crippen molar-refractivity contribution in [1.29, 1.82) is 0 Å². The van der Waals surface area contributed by atoms with Gasteiger partial charge in [-0.3, -0.25) is 0 Å². The van der Waals surface area contributed by atoms with Gasteiger partial charge in [-0.2, -0.15) is 0 Å². The monoisotopic (exact) mass is 237 g/mol. The predicted molar refractivity (Wildman–Crippen MR) is 64.3 cm³/mol. The molecule has 17 heavy (non-hydrogen) atoms. The van der Waals surface area contributed by atoms with Gasteiger partial charge in [0, 0.05) is 20.1 Å². The van der Waals surface area contributed by atoms with Gasteiger partial charge in [0.1, 0.15) is 5.76 Å². The van der Waals surface area contributed by atoms with E-state index in [1.54, 1.807) is 11.2 Å². The van der Waals surface area contributed by atoms with Crippen molar-refractivity contribution in [2.45, 2.75) is 13.0 Å². The van der Waals surface area contributed by atoms with Crippen LogP contribution in [0.5, 0.6) is 0 Å². The molecule has 1 aliphatic rings. The molecule has 1 fully saturated rings. The van der Waals surface area contributed by atoms with Crippen molar-refractivity contribution in [1.82, 2.24) is 9.80 Å². The van der Waals surface area contributed by atoms with E-state index in [0.717, 1.165) is 25.3 Å². The molecule has 94 valence electrons. The molecule has 1 unspecified atom stereocenters. The number of carbonyl (C=O) groups is 1. The van der Waals surface area contributed by atoms with Gasteiger partial charge >= 0.3 is 6.03 Å². The van der Waals surface area contributed by atoms with E-state index < -0.39 is 0 Å². The van der Waals surface area contributed by atoms with Crippen molar-refractivity contribution in [2.24, 2.45) is 11.7 Å². The maximum Gasteiger partial charge on any atom is 0.320 e. The minimum atomic E-state index is 0.0645. The van der Waals surface area contributed by atoms with Crippen LogP contribution in [0, 0.1) is 5.92 Å². The van der Waals surface area contributed by atoms with Gasteiger partial charge in [-0.25, -0.2) is 4.79 Å². The Morgan fingerprint density at radius 3 is 3.00 bits per heavy atom. The predicted octanol–water partition coefficient (Wildman–Crippen LogP) is 1.11. The van der Waals surface area contributed by atoms with Crippen molar-refractivity contribution in [3.63, 3.8) is 0 Å². The van der Waals surface area contributed by atoms with E-state index in [2.05, 4.69) is 0 Å². The fourth-order valence-electron chi connectivity index (χ4n) is 2.30. The number of nitrogens with two attached hydrogens (primary N) is 1. The highest BCUT2D eigenvalue weighted by Gasteiger charge is 2.29. The number of hydrogen-bond acceptors (Lipinski definition) is 3. The molecule has 1 atom stereocenters. The van der Waals surface area contributed by atoms with Gasteiger partial charge in [-0.15, -0.1) is 0 Å².